The average Bonchev–Trinajstić information content (AvgIpc) is 2.95. The van der Waals surface area contributed by atoms with E-state index in [1.165, 1.54) is 0 Å². The van der Waals surface area contributed by atoms with E-state index < -0.39 is 5.60 Å². The summed E-state index contributed by atoms with van der Waals surface area (Å²) in [6, 6.07) is 5.74. The van der Waals surface area contributed by atoms with Crippen molar-refractivity contribution in [2.75, 3.05) is 11.9 Å². The Morgan fingerprint density at radius 2 is 2.19 bits per heavy atom. The third-order valence-corrected chi connectivity index (χ3v) is 3.03. The predicted molar refractivity (Wildman–Crippen MR) is 64.8 cm³/mol. The first kappa shape index (κ1) is 11.3. The summed E-state index contributed by atoms with van der Waals surface area (Å²) < 4.78 is 5.67. The maximum Gasteiger partial charge on any atom is 0.210 e. The quantitative estimate of drug-likeness (QED) is 0.862. The molecule has 1 aromatic rings. The van der Waals surface area contributed by atoms with Crippen molar-refractivity contribution in [3.63, 3.8) is 0 Å². The van der Waals surface area contributed by atoms with Gasteiger partial charge < -0.3 is 10.1 Å². The van der Waals surface area contributed by atoms with Gasteiger partial charge in [0.05, 0.1) is 5.56 Å². The molecule has 2 aliphatic rings. The number of hydrogen-bond acceptors (Lipinski definition) is 3. The molecule has 1 fully saturated rings. The number of rotatable bonds is 2. The van der Waals surface area contributed by atoms with Gasteiger partial charge in [0.1, 0.15) is 5.75 Å². The van der Waals surface area contributed by atoms with Crippen LogP contribution in [0, 0.1) is 0 Å². The van der Waals surface area contributed by atoms with Crippen LogP contribution < -0.4 is 10.1 Å². The average molecular weight is 240 g/mol. The fourth-order valence-corrected chi connectivity index (χ4v) is 2.06. The lowest BCUT2D eigenvalue weighted by Crippen LogP contribution is -2.21. The van der Waals surface area contributed by atoms with Crippen LogP contribution in [0.2, 0.25) is 0 Å². The third kappa shape index (κ3) is 1.47. The largest absolute Gasteiger partial charge is 0.478 e. The van der Waals surface area contributed by atoms with Crippen LogP contribution in [0.4, 0.5) is 5.69 Å². The Bertz CT molecular complexity index is 441. The van der Waals surface area contributed by atoms with Gasteiger partial charge in [-0.15, -0.1) is 12.4 Å². The van der Waals surface area contributed by atoms with Crippen LogP contribution in [0.25, 0.3) is 0 Å². The molecule has 86 valence electrons. The Morgan fingerprint density at radius 1 is 1.44 bits per heavy atom. The third-order valence-electron chi connectivity index (χ3n) is 3.03. The van der Waals surface area contributed by atoms with Gasteiger partial charge in [-0.25, -0.2) is 0 Å². The van der Waals surface area contributed by atoms with Crippen LogP contribution in [0.3, 0.4) is 0 Å². The normalized spacial score (nSPS) is 18.7. The van der Waals surface area contributed by atoms with Gasteiger partial charge in [0, 0.05) is 12.2 Å². The smallest absolute Gasteiger partial charge is 0.210 e. The molecular weight excluding hydrogens is 226 g/mol. The predicted octanol–water partition coefficient (Wildman–Crippen LogP) is 2.65. The number of ether oxygens (including phenoxy) is 1. The van der Waals surface area contributed by atoms with Crippen LogP contribution in [-0.4, -0.2) is 17.9 Å². The van der Waals surface area contributed by atoms with Crippen molar-refractivity contribution >= 4 is 23.9 Å². The Labute approximate surface area is 101 Å². The minimum absolute atomic E-state index is 0. The lowest BCUT2D eigenvalue weighted by atomic mass is 10.1. The van der Waals surface area contributed by atoms with Crippen molar-refractivity contribution in [2.24, 2.45) is 0 Å². The van der Waals surface area contributed by atoms with Gasteiger partial charge in [-0.1, -0.05) is 0 Å². The summed E-state index contributed by atoms with van der Waals surface area (Å²) in [7, 11) is 0. The molecule has 1 N–H and O–H groups in total. The summed E-state index contributed by atoms with van der Waals surface area (Å²) in [5, 5.41) is 3.20. The highest BCUT2D eigenvalue weighted by Crippen LogP contribution is 2.50. The molecular formula is C12H14ClNO2. The molecule has 0 unspecified atom stereocenters. The van der Waals surface area contributed by atoms with Gasteiger partial charge in [-0.05, 0) is 38.0 Å². The zero-order valence-electron chi connectivity index (χ0n) is 9.08. The highest BCUT2D eigenvalue weighted by molar-refractivity contribution is 6.09. The van der Waals surface area contributed by atoms with E-state index in [1.807, 2.05) is 25.1 Å². The van der Waals surface area contributed by atoms with Crippen molar-refractivity contribution < 1.29 is 9.53 Å². The molecule has 1 aromatic carbocycles. The Balaban J connectivity index is 0.000000963. The van der Waals surface area contributed by atoms with E-state index in [0.717, 1.165) is 36.4 Å². The lowest BCUT2D eigenvalue weighted by Gasteiger charge is -2.04. The Kier molecular flexibility index (Phi) is 2.58. The van der Waals surface area contributed by atoms with Crippen LogP contribution in [0.15, 0.2) is 18.2 Å². The highest BCUT2D eigenvalue weighted by Gasteiger charge is 2.57. The second kappa shape index (κ2) is 3.67. The number of Topliss-reactive ketones (excluding diaryl/α,β-unsaturated/α-hetero) is 1. The molecule has 0 atom stereocenters. The summed E-state index contributed by atoms with van der Waals surface area (Å²) in [6.45, 7) is 2.90. The van der Waals surface area contributed by atoms with Crippen molar-refractivity contribution in [1.29, 1.82) is 0 Å². The molecule has 16 heavy (non-hydrogen) atoms. The molecule has 0 bridgehead atoms. The molecule has 3 rings (SSSR count). The second-order valence-electron chi connectivity index (χ2n) is 4.17. The van der Waals surface area contributed by atoms with Crippen molar-refractivity contribution in [3.8, 4) is 5.75 Å². The molecule has 0 saturated heterocycles. The zero-order chi connectivity index (χ0) is 10.5. The summed E-state index contributed by atoms with van der Waals surface area (Å²) in [4.78, 5) is 12.0. The SMILES string of the molecule is CCNc1ccc2c(c1)C(=O)C1(CC1)O2.Cl. The molecule has 3 nitrogen and oxygen atoms in total. The molecule has 0 aromatic heterocycles. The minimum Gasteiger partial charge on any atom is -0.478 e. The number of nitrogens with one attached hydrogen (secondary N) is 1. The van der Waals surface area contributed by atoms with Gasteiger partial charge in [0.25, 0.3) is 0 Å². The number of carbonyl (C=O) groups excluding carboxylic acids is 1. The van der Waals surface area contributed by atoms with E-state index >= 15 is 0 Å². The van der Waals surface area contributed by atoms with E-state index in [4.69, 9.17) is 4.74 Å². The second-order valence-corrected chi connectivity index (χ2v) is 4.17. The lowest BCUT2D eigenvalue weighted by molar-refractivity contribution is 0.0820. The van der Waals surface area contributed by atoms with E-state index in [9.17, 15) is 4.79 Å². The van der Waals surface area contributed by atoms with E-state index in [1.54, 1.807) is 0 Å². The van der Waals surface area contributed by atoms with Gasteiger partial charge in [0.2, 0.25) is 5.78 Å². The number of anilines is 1. The molecule has 1 aliphatic heterocycles. The number of benzene rings is 1. The monoisotopic (exact) mass is 239 g/mol. The van der Waals surface area contributed by atoms with Crippen LogP contribution >= 0.6 is 12.4 Å². The summed E-state index contributed by atoms with van der Waals surface area (Å²) in [6.07, 6.45) is 1.74. The molecule has 0 amide bonds. The first-order chi connectivity index (χ1) is 7.25. The number of fused-ring (bicyclic) bond motifs is 1. The van der Waals surface area contributed by atoms with Crippen molar-refractivity contribution in [2.45, 2.75) is 25.4 Å². The zero-order valence-corrected chi connectivity index (χ0v) is 9.89. The van der Waals surface area contributed by atoms with Gasteiger partial charge in [-0.3, -0.25) is 4.79 Å². The molecule has 1 saturated carbocycles. The number of ketones is 1. The van der Waals surface area contributed by atoms with Crippen LogP contribution in [0.1, 0.15) is 30.1 Å². The molecule has 1 heterocycles. The van der Waals surface area contributed by atoms with Gasteiger partial charge in [0.15, 0.2) is 5.60 Å². The number of carbonyl (C=O) groups is 1. The number of halogens is 1. The fourth-order valence-electron chi connectivity index (χ4n) is 2.06. The molecule has 4 heteroatoms. The van der Waals surface area contributed by atoms with Crippen molar-refractivity contribution in [1.82, 2.24) is 0 Å². The maximum atomic E-state index is 12.0. The first-order valence-electron chi connectivity index (χ1n) is 5.37. The van der Waals surface area contributed by atoms with Gasteiger partial charge in [-0.2, -0.15) is 0 Å². The fraction of sp³-hybridized carbons (Fsp3) is 0.417. The molecule has 0 radical (unpaired) electrons. The summed E-state index contributed by atoms with van der Waals surface area (Å²) in [5.41, 5.74) is 1.27. The summed E-state index contributed by atoms with van der Waals surface area (Å²) in [5.74, 6) is 0.913. The Morgan fingerprint density at radius 3 is 2.81 bits per heavy atom. The minimum atomic E-state index is -0.465. The van der Waals surface area contributed by atoms with Crippen LogP contribution in [0.5, 0.6) is 5.75 Å². The van der Waals surface area contributed by atoms with Crippen LogP contribution in [-0.2, 0) is 0 Å². The summed E-state index contributed by atoms with van der Waals surface area (Å²) >= 11 is 0. The standard InChI is InChI=1S/C12H13NO2.ClH/c1-2-13-8-3-4-10-9(7-8)11(14)12(15-10)5-6-12;/h3-4,7,13H,2,5-6H2,1H3;1H. The number of hydrogen-bond donors (Lipinski definition) is 1. The Hall–Kier alpha value is -1.22. The van der Waals surface area contributed by atoms with Gasteiger partial charge >= 0.3 is 0 Å². The topological polar surface area (TPSA) is 38.3 Å². The van der Waals surface area contributed by atoms with Crippen molar-refractivity contribution in [3.05, 3.63) is 23.8 Å². The highest BCUT2D eigenvalue weighted by atomic mass is 35.5. The molecule has 1 aliphatic carbocycles. The van der Waals surface area contributed by atoms with E-state index in [-0.39, 0.29) is 18.2 Å². The first-order valence-corrected chi connectivity index (χ1v) is 5.37. The molecule has 1 spiro atoms. The van der Waals surface area contributed by atoms with E-state index in [2.05, 4.69) is 5.32 Å². The van der Waals surface area contributed by atoms with E-state index in [0.29, 0.717) is 0 Å². The maximum absolute atomic E-state index is 12.0.